The lowest BCUT2D eigenvalue weighted by Crippen LogP contribution is -2.44. The topological polar surface area (TPSA) is 58.9 Å². The monoisotopic (exact) mass is 342 g/mol. The number of benzene rings is 1. The molecule has 2 aromatic heterocycles. The molecule has 1 aliphatic rings. The molecule has 0 amide bonds. The summed E-state index contributed by atoms with van der Waals surface area (Å²) in [5.41, 5.74) is 1.64. The Labute approximate surface area is 145 Å². The van der Waals surface area contributed by atoms with Gasteiger partial charge in [-0.2, -0.15) is 5.10 Å². The molecule has 124 valence electrons. The smallest absolute Gasteiger partial charge is 0.168 e. The SMILES string of the molecule is CCc1nc(N2CCNCC2)c2cnn(-c3ccccc3Cl)c2n1. The van der Waals surface area contributed by atoms with E-state index in [-0.39, 0.29) is 0 Å². The number of hydrogen-bond acceptors (Lipinski definition) is 5. The van der Waals surface area contributed by atoms with Crippen LogP contribution >= 0.6 is 11.6 Å². The number of piperazine rings is 1. The molecule has 0 atom stereocenters. The predicted octanol–water partition coefficient (Wildman–Crippen LogP) is 2.44. The second-order valence-corrected chi connectivity index (χ2v) is 6.21. The Morgan fingerprint density at radius 2 is 1.96 bits per heavy atom. The highest BCUT2D eigenvalue weighted by atomic mass is 35.5. The first-order chi connectivity index (χ1) is 11.8. The number of nitrogens with one attached hydrogen (secondary N) is 1. The highest BCUT2D eigenvalue weighted by Gasteiger charge is 2.20. The van der Waals surface area contributed by atoms with E-state index in [2.05, 4.69) is 22.2 Å². The van der Waals surface area contributed by atoms with Crippen LogP contribution in [0.1, 0.15) is 12.7 Å². The third-order valence-corrected chi connectivity index (χ3v) is 4.59. The van der Waals surface area contributed by atoms with Gasteiger partial charge in [-0.3, -0.25) is 0 Å². The number of anilines is 1. The Morgan fingerprint density at radius 3 is 2.71 bits per heavy atom. The van der Waals surface area contributed by atoms with Gasteiger partial charge in [0, 0.05) is 32.6 Å². The minimum Gasteiger partial charge on any atom is -0.353 e. The van der Waals surface area contributed by atoms with E-state index >= 15 is 0 Å². The molecule has 1 saturated heterocycles. The number of nitrogens with zero attached hydrogens (tertiary/aromatic N) is 5. The van der Waals surface area contributed by atoms with Gasteiger partial charge in [0.1, 0.15) is 11.6 Å². The molecule has 0 aliphatic carbocycles. The number of fused-ring (bicyclic) bond motifs is 1. The Kier molecular flexibility index (Phi) is 4.08. The summed E-state index contributed by atoms with van der Waals surface area (Å²) in [6, 6.07) is 7.68. The maximum atomic E-state index is 6.36. The van der Waals surface area contributed by atoms with Crippen molar-refractivity contribution < 1.29 is 0 Å². The summed E-state index contributed by atoms with van der Waals surface area (Å²) in [7, 11) is 0. The molecule has 0 spiro atoms. The molecule has 1 fully saturated rings. The van der Waals surface area contributed by atoms with Crippen LogP contribution < -0.4 is 10.2 Å². The van der Waals surface area contributed by atoms with Crippen LogP contribution in [0.3, 0.4) is 0 Å². The number of hydrogen-bond donors (Lipinski definition) is 1. The van der Waals surface area contributed by atoms with Crippen molar-refractivity contribution in [2.75, 3.05) is 31.1 Å². The first kappa shape index (κ1) is 15.4. The molecule has 3 aromatic rings. The first-order valence-corrected chi connectivity index (χ1v) is 8.61. The zero-order valence-electron chi connectivity index (χ0n) is 13.5. The number of aromatic nitrogens is 4. The van der Waals surface area contributed by atoms with Crippen molar-refractivity contribution in [1.29, 1.82) is 0 Å². The van der Waals surface area contributed by atoms with Gasteiger partial charge in [-0.15, -0.1) is 0 Å². The molecule has 6 nitrogen and oxygen atoms in total. The third kappa shape index (κ3) is 2.61. The zero-order valence-corrected chi connectivity index (χ0v) is 14.3. The van der Waals surface area contributed by atoms with E-state index in [1.807, 2.05) is 35.1 Å². The number of para-hydroxylation sites is 1. The largest absolute Gasteiger partial charge is 0.353 e. The van der Waals surface area contributed by atoms with Gasteiger partial charge < -0.3 is 10.2 Å². The molecule has 7 heteroatoms. The molecule has 3 heterocycles. The second-order valence-electron chi connectivity index (χ2n) is 5.80. The summed E-state index contributed by atoms with van der Waals surface area (Å²) < 4.78 is 1.81. The van der Waals surface area contributed by atoms with Crippen molar-refractivity contribution in [2.45, 2.75) is 13.3 Å². The minimum absolute atomic E-state index is 0.655. The van der Waals surface area contributed by atoms with Crippen molar-refractivity contribution in [3.05, 3.63) is 41.3 Å². The van der Waals surface area contributed by atoms with Crippen molar-refractivity contribution in [2.24, 2.45) is 0 Å². The quantitative estimate of drug-likeness (QED) is 0.792. The molecule has 0 unspecified atom stereocenters. The Bertz CT molecular complexity index is 869. The van der Waals surface area contributed by atoms with Crippen LogP contribution in [0, 0.1) is 0 Å². The van der Waals surface area contributed by atoms with Crippen molar-refractivity contribution in [3.8, 4) is 5.69 Å². The van der Waals surface area contributed by atoms with E-state index in [0.29, 0.717) is 5.02 Å². The molecule has 0 saturated carbocycles. The van der Waals surface area contributed by atoms with E-state index in [0.717, 1.165) is 61.0 Å². The molecule has 4 rings (SSSR count). The van der Waals surface area contributed by atoms with Crippen LogP contribution in [0.4, 0.5) is 5.82 Å². The van der Waals surface area contributed by atoms with Crippen LogP contribution in [0.2, 0.25) is 5.02 Å². The van der Waals surface area contributed by atoms with Crippen LogP contribution in [-0.2, 0) is 6.42 Å². The molecule has 1 aromatic carbocycles. The molecule has 1 aliphatic heterocycles. The van der Waals surface area contributed by atoms with E-state index in [1.165, 1.54) is 0 Å². The summed E-state index contributed by atoms with van der Waals surface area (Å²) in [5, 5.41) is 9.54. The fourth-order valence-electron chi connectivity index (χ4n) is 3.01. The Hall–Kier alpha value is -2.18. The summed E-state index contributed by atoms with van der Waals surface area (Å²) >= 11 is 6.36. The lowest BCUT2D eigenvalue weighted by Gasteiger charge is -2.29. The minimum atomic E-state index is 0.655. The van der Waals surface area contributed by atoms with Crippen LogP contribution in [0.25, 0.3) is 16.7 Å². The highest BCUT2D eigenvalue weighted by Crippen LogP contribution is 2.28. The summed E-state index contributed by atoms with van der Waals surface area (Å²) in [6.07, 6.45) is 2.62. The van der Waals surface area contributed by atoms with E-state index in [4.69, 9.17) is 21.6 Å². The van der Waals surface area contributed by atoms with Crippen LogP contribution in [0.15, 0.2) is 30.5 Å². The van der Waals surface area contributed by atoms with E-state index in [9.17, 15) is 0 Å². The standard InChI is InChI=1S/C17H19ClN6/c1-2-15-21-16(23-9-7-19-8-10-23)12-11-20-24(17(12)22-15)14-6-4-3-5-13(14)18/h3-6,11,19H,2,7-10H2,1H3. The molecule has 24 heavy (non-hydrogen) atoms. The molecular weight excluding hydrogens is 324 g/mol. The van der Waals surface area contributed by atoms with Gasteiger partial charge in [0.2, 0.25) is 0 Å². The van der Waals surface area contributed by atoms with Gasteiger partial charge >= 0.3 is 0 Å². The zero-order chi connectivity index (χ0) is 16.5. The Morgan fingerprint density at radius 1 is 1.17 bits per heavy atom. The van der Waals surface area contributed by atoms with Gasteiger partial charge in [-0.05, 0) is 12.1 Å². The van der Waals surface area contributed by atoms with Gasteiger partial charge in [-0.1, -0.05) is 30.7 Å². The second kappa shape index (κ2) is 6.37. The fourth-order valence-corrected chi connectivity index (χ4v) is 3.23. The van der Waals surface area contributed by atoms with Gasteiger partial charge in [0.05, 0.1) is 22.3 Å². The van der Waals surface area contributed by atoms with Gasteiger partial charge in [0.25, 0.3) is 0 Å². The predicted molar refractivity (Wildman–Crippen MR) is 96.1 cm³/mol. The van der Waals surface area contributed by atoms with Crippen molar-refractivity contribution >= 4 is 28.5 Å². The normalized spacial score (nSPS) is 15.2. The van der Waals surface area contributed by atoms with Gasteiger partial charge in [0.15, 0.2) is 5.65 Å². The van der Waals surface area contributed by atoms with E-state index in [1.54, 1.807) is 0 Å². The Balaban J connectivity index is 1.91. The van der Waals surface area contributed by atoms with Gasteiger partial charge in [-0.25, -0.2) is 14.6 Å². The molecular formula is C17H19ClN6. The lowest BCUT2D eigenvalue weighted by atomic mass is 10.3. The summed E-state index contributed by atoms with van der Waals surface area (Å²) in [5.74, 6) is 1.79. The molecule has 0 radical (unpaired) electrons. The van der Waals surface area contributed by atoms with E-state index < -0.39 is 0 Å². The van der Waals surface area contributed by atoms with Crippen LogP contribution in [-0.4, -0.2) is 45.9 Å². The average Bonchev–Trinajstić information content (AvgIpc) is 3.05. The summed E-state index contributed by atoms with van der Waals surface area (Å²) in [4.78, 5) is 11.8. The number of rotatable bonds is 3. The van der Waals surface area contributed by atoms with Crippen LogP contribution in [0.5, 0.6) is 0 Å². The maximum Gasteiger partial charge on any atom is 0.168 e. The van der Waals surface area contributed by atoms with Crippen molar-refractivity contribution in [1.82, 2.24) is 25.1 Å². The van der Waals surface area contributed by atoms with Crippen molar-refractivity contribution in [3.63, 3.8) is 0 Å². The molecule has 1 N–H and O–H groups in total. The number of aryl methyl sites for hydroxylation is 1. The first-order valence-electron chi connectivity index (χ1n) is 8.23. The highest BCUT2D eigenvalue weighted by molar-refractivity contribution is 6.32. The third-order valence-electron chi connectivity index (χ3n) is 4.27. The number of halogens is 1. The average molecular weight is 343 g/mol. The maximum absolute atomic E-state index is 6.36. The molecule has 0 bridgehead atoms. The summed E-state index contributed by atoms with van der Waals surface area (Å²) in [6.45, 7) is 5.87. The fraction of sp³-hybridized carbons (Fsp3) is 0.353. The lowest BCUT2D eigenvalue weighted by molar-refractivity contribution is 0.585.